The Labute approximate surface area is 118 Å². The van der Waals surface area contributed by atoms with Gasteiger partial charge < -0.3 is 0 Å². The molecule has 1 aromatic carbocycles. The molecule has 0 spiro atoms. The van der Waals surface area contributed by atoms with Crippen LogP contribution in [0.4, 0.5) is 0 Å². The van der Waals surface area contributed by atoms with Crippen molar-refractivity contribution in [2.45, 2.75) is 28.1 Å². The normalized spacial score (nSPS) is 31.3. The molecule has 3 atom stereocenters. The van der Waals surface area contributed by atoms with Crippen molar-refractivity contribution in [1.82, 2.24) is 0 Å². The quantitative estimate of drug-likeness (QED) is 0.855. The summed E-state index contributed by atoms with van der Waals surface area (Å²) in [5, 5.41) is 0.193. The molecule has 100 valence electrons. The number of aryl methyl sites for hydroxylation is 1. The largest absolute Gasteiger partial charge is 0.222 e. The molecule has 2 nitrogen and oxygen atoms in total. The molecule has 0 unspecified atom stereocenters. The van der Waals surface area contributed by atoms with Gasteiger partial charge >= 0.3 is 0 Å². The average Bonchev–Trinajstić information content (AvgIpc) is 2.95. The first-order chi connectivity index (χ1) is 8.41. The SMILES string of the molecule is CS[C@H]1[C@@H](C)[C@]1(SC)S(=O)(=O)c1ccc(C)cc1. The van der Waals surface area contributed by atoms with Crippen LogP contribution in [-0.2, 0) is 9.84 Å². The van der Waals surface area contributed by atoms with Crippen LogP contribution >= 0.6 is 23.5 Å². The van der Waals surface area contributed by atoms with Crippen LogP contribution in [0.2, 0.25) is 0 Å². The van der Waals surface area contributed by atoms with Crippen LogP contribution in [0.1, 0.15) is 12.5 Å². The fourth-order valence-corrected chi connectivity index (χ4v) is 9.02. The molecule has 18 heavy (non-hydrogen) atoms. The Morgan fingerprint density at radius 1 is 1.17 bits per heavy atom. The second-order valence-electron chi connectivity index (χ2n) is 4.69. The summed E-state index contributed by atoms with van der Waals surface area (Å²) < 4.78 is 25.0. The Bertz CT molecular complexity index is 536. The third-order valence-corrected chi connectivity index (χ3v) is 10.1. The lowest BCUT2D eigenvalue weighted by Gasteiger charge is -2.16. The third-order valence-electron chi connectivity index (χ3n) is 3.70. The standard InChI is InChI=1S/C13H18O2S3/c1-9-5-7-11(8-6-9)18(14,15)13(17-4)10(2)12(13)16-3/h5-8,10,12H,1-4H3/t10-,12+,13+/m1/s1. The number of hydrogen-bond acceptors (Lipinski definition) is 4. The van der Waals surface area contributed by atoms with E-state index in [1.807, 2.05) is 38.5 Å². The third kappa shape index (κ3) is 1.82. The van der Waals surface area contributed by atoms with Gasteiger partial charge in [-0.15, -0.1) is 11.8 Å². The second kappa shape index (κ2) is 4.76. The van der Waals surface area contributed by atoms with Crippen molar-refractivity contribution in [3.8, 4) is 0 Å². The summed E-state index contributed by atoms with van der Waals surface area (Å²) >= 11 is 3.13. The van der Waals surface area contributed by atoms with Gasteiger partial charge in [0, 0.05) is 11.2 Å². The van der Waals surface area contributed by atoms with Crippen LogP contribution in [0.15, 0.2) is 29.2 Å². The maximum atomic E-state index is 12.8. The molecule has 0 radical (unpaired) electrons. The maximum absolute atomic E-state index is 12.8. The molecular formula is C13H18O2S3. The Balaban J connectivity index is 2.46. The number of sulfone groups is 1. The van der Waals surface area contributed by atoms with E-state index in [1.54, 1.807) is 23.9 Å². The summed E-state index contributed by atoms with van der Waals surface area (Å²) in [5.41, 5.74) is 1.08. The van der Waals surface area contributed by atoms with Crippen molar-refractivity contribution >= 4 is 33.4 Å². The van der Waals surface area contributed by atoms with Crippen molar-refractivity contribution in [2.24, 2.45) is 5.92 Å². The Morgan fingerprint density at radius 3 is 2.11 bits per heavy atom. The molecule has 1 aromatic rings. The van der Waals surface area contributed by atoms with Gasteiger partial charge in [-0.05, 0) is 31.6 Å². The molecule has 0 amide bonds. The molecule has 5 heteroatoms. The van der Waals surface area contributed by atoms with Gasteiger partial charge in [-0.1, -0.05) is 24.6 Å². The Morgan fingerprint density at radius 2 is 1.72 bits per heavy atom. The highest BCUT2D eigenvalue weighted by molar-refractivity contribution is 8.17. The molecule has 0 heterocycles. The molecule has 1 aliphatic carbocycles. The van der Waals surface area contributed by atoms with Gasteiger partial charge in [0.2, 0.25) is 0 Å². The summed E-state index contributed by atoms with van der Waals surface area (Å²) in [4.78, 5) is 0.450. The van der Waals surface area contributed by atoms with E-state index in [0.29, 0.717) is 4.90 Å². The van der Waals surface area contributed by atoms with Crippen molar-refractivity contribution < 1.29 is 8.42 Å². The zero-order valence-corrected chi connectivity index (χ0v) is 13.5. The summed E-state index contributed by atoms with van der Waals surface area (Å²) in [6.07, 6.45) is 3.89. The molecule has 2 rings (SSSR count). The van der Waals surface area contributed by atoms with Gasteiger partial charge in [0.15, 0.2) is 9.84 Å². The number of rotatable bonds is 4. The van der Waals surface area contributed by atoms with E-state index in [9.17, 15) is 8.42 Å². The number of thioether (sulfide) groups is 2. The van der Waals surface area contributed by atoms with E-state index in [-0.39, 0.29) is 11.2 Å². The lowest BCUT2D eigenvalue weighted by atomic mass is 10.2. The van der Waals surface area contributed by atoms with Crippen LogP contribution in [0.5, 0.6) is 0 Å². The lowest BCUT2D eigenvalue weighted by Crippen LogP contribution is -2.24. The first kappa shape index (κ1) is 14.3. The monoisotopic (exact) mass is 302 g/mol. The Hall–Kier alpha value is -0.130. The molecule has 1 saturated carbocycles. The highest BCUT2D eigenvalue weighted by Crippen LogP contribution is 2.63. The minimum atomic E-state index is -3.26. The first-order valence-electron chi connectivity index (χ1n) is 5.81. The molecule has 0 saturated heterocycles. The number of benzene rings is 1. The molecular weight excluding hydrogens is 284 g/mol. The fourth-order valence-electron chi connectivity index (χ4n) is 2.54. The van der Waals surface area contributed by atoms with Crippen LogP contribution in [0.3, 0.4) is 0 Å². The molecule has 0 aromatic heterocycles. The summed E-state index contributed by atoms with van der Waals surface area (Å²) in [6, 6.07) is 7.18. The number of hydrogen-bond donors (Lipinski definition) is 0. The van der Waals surface area contributed by atoms with Crippen LogP contribution in [0, 0.1) is 12.8 Å². The maximum Gasteiger partial charge on any atom is 0.194 e. The zero-order chi connectivity index (χ0) is 13.6. The highest BCUT2D eigenvalue weighted by Gasteiger charge is 2.70. The van der Waals surface area contributed by atoms with Crippen molar-refractivity contribution in [1.29, 1.82) is 0 Å². The molecule has 0 N–H and O–H groups in total. The van der Waals surface area contributed by atoms with Crippen LogP contribution in [-0.4, -0.2) is 30.3 Å². The van der Waals surface area contributed by atoms with Gasteiger partial charge in [-0.2, -0.15) is 11.8 Å². The lowest BCUT2D eigenvalue weighted by molar-refractivity contribution is 0.590. The van der Waals surface area contributed by atoms with Gasteiger partial charge in [-0.3, -0.25) is 0 Å². The van der Waals surface area contributed by atoms with Crippen molar-refractivity contribution in [2.75, 3.05) is 12.5 Å². The summed E-state index contributed by atoms with van der Waals surface area (Å²) in [7, 11) is -3.26. The van der Waals surface area contributed by atoms with Crippen molar-refractivity contribution in [3.63, 3.8) is 0 Å². The molecule has 1 fully saturated rings. The molecule has 1 aliphatic rings. The van der Waals surface area contributed by atoms with Crippen molar-refractivity contribution in [3.05, 3.63) is 29.8 Å². The van der Waals surface area contributed by atoms with E-state index in [0.717, 1.165) is 5.56 Å². The predicted octanol–water partition coefficient (Wildman–Crippen LogP) is 3.21. The zero-order valence-electron chi connectivity index (χ0n) is 11.0. The van der Waals surface area contributed by atoms with Gasteiger partial charge in [0.05, 0.1) is 4.90 Å². The Kier molecular flexibility index (Phi) is 3.78. The van der Waals surface area contributed by atoms with E-state index >= 15 is 0 Å². The second-order valence-corrected chi connectivity index (χ2v) is 9.16. The van der Waals surface area contributed by atoms with Gasteiger partial charge in [0.1, 0.15) is 4.08 Å². The molecule has 0 bridgehead atoms. The van der Waals surface area contributed by atoms with Crippen LogP contribution < -0.4 is 0 Å². The molecule has 0 aliphatic heterocycles. The van der Waals surface area contributed by atoms with E-state index in [2.05, 4.69) is 0 Å². The smallest absolute Gasteiger partial charge is 0.194 e. The van der Waals surface area contributed by atoms with Gasteiger partial charge in [0.25, 0.3) is 0 Å². The fraction of sp³-hybridized carbons (Fsp3) is 0.538. The minimum Gasteiger partial charge on any atom is -0.222 e. The van der Waals surface area contributed by atoms with E-state index < -0.39 is 13.9 Å². The summed E-state index contributed by atoms with van der Waals surface area (Å²) in [6.45, 7) is 3.99. The minimum absolute atomic E-state index is 0.193. The van der Waals surface area contributed by atoms with E-state index in [4.69, 9.17) is 0 Å². The van der Waals surface area contributed by atoms with Crippen LogP contribution in [0.25, 0.3) is 0 Å². The topological polar surface area (TPSA) is 34.1 Å². The summed E-state index contributed by atoms with van der Waals surface area (Å²) in [5.74, 6) is 0.203. The predicted molar refractivity (Wildman–Crippen MR) is 81.1 cm³/mol. The highest BCUT2D eigenvalue weighted by atomic mass is 32.3. The van der Waals surface area contributed by atoms with E-state index in [1.165, 1.54) is 11.8 Å². The van der Waals surface area contributed by atoms with Gasteiger partial charge in [-0.25, -0.2) is 8.42 Å². The first-order valence-corrected chi connectivity index (χ1v) is 9.80. The average molecular weight is 302 g/mol.